The Morgan fingerprint density at radius 3 is 2.64 bits per heavy atom. The fourth-order valence-corrected chi connectivity index (χ4v) is 3.03. The summed E-state index contributed by atoms with van der Waals surface area (Å²) in [7, 11) is 0. The molecule has 0 saturated carbocycles. The second kappa shape index (κ2) is 6.96. The average molecular weight is 316 g/mol. The first-order chi connectivity index (χ1) is 10.5. The zero-order valence-corrected chi connectivity index (χ0v) is 13.2. The fraction of sp³-hybridized carbons (Fsp3) is 0.250. The highest BCUT2D eigenvalue weighted by molar-refractivity contribution is 7.13. The second-order valence-corrected chi connectivity index (χ2v) is 5.54. The number of rotatable bonds is 5. The third-order valence-corrected chi connectivity index (χ3v) is 3.96. The Labute approximate surface area is 132 Å². The van der Waals surface area contributed by atoms with Gasteiger partial charge in [-0.25, -0.2) is 4.79 Å². The van der Waals surface area contributed by atoms with Gasteiger partial charge in [-0.05, 0) is 37.4 Å². The molecule has 0 aromatic carbocycles. The number of nitrogens with zero attached hydrogens (tertiary/aromatic N) is 1. The van der Waals surface area contributed by atoms with E-state index in [0.29, 0.717) is 5.56 Å². The first-order valence-electron chi connectivity index (χ1n) is 6.64. The SMILES string of the molecule is C#CCNC(=O)COC(=O)c1ccsc1-n1c(C)ccc1C. The van der Waals surface area contributed by atoms with Crippen molar-refractivity contribution >= 4 is 23.2 Å². The Bertz CT molecular complexity index is 717. The van der Waals surface area contributed by atoms with E-state index in [4.69, 9.17) is 11.2 Å². The molecule has 2 rings (SSSR count). The Kier molecular flexibility index (Phi) is 5.02. The number of esters is 1. The number of aryl methyl sites for hydroxylation is 2. The molecule has 1 amide bonds. The highest BCUT2D eigenvalue weighted by Gasteiger charge is 2.18. The molecule has 6 heteroatoms. The van der Waals surface area contributed by atoms with Crippen molar-refractivity contribution in [3.63, 3.8) is 0 Å². The van der Waals surface area contributed by atoms with E-state index in [-0.39, 0.29) is 13.2 Å². The lowest BCUT2D eigenvalue weighted by molar-refractivity contribution is -0.123. The minimum absolute atomic E-state index is 0.113. The van der Waals surface area contributed by atoms with Crippen molar-refractivity contribution < 1.29 is 14.3 Å². The van der Waals surface area contributed by atoms with Gasteiger partial charge in [0.15, 0.2) is 6.61 Å². The lowest BCUT2D eigenvalue weighted by atomic mass is 10.3. The van der Waals surface area contributed by atoms with Gasteiger partial charge in [0, 0.05) is 11.4 Å². The van der Waals surface area contributed by atoms with Crippen LogP contribution < -0.4 is 5.32 Å². The number of ether oxygens (including phenoxy) is 1. The van der Waals surface area contributed by atoms with E-state index < -0.39 is 11.9 Å². The van der Waals surface area contributed by atoms with Crippen LogP contribution in [0.1, 0.15) is 21.7 Å². The van der Waals surface area contributed by atoms with Crippen molar-refractivity contribution in [1.82, 2.24) is 9.88 Å². The van der Waals surface area contributed by atoms with E-state index in [1.54, 1.807) is 6.07 Å². The summed E-state index contributed by atoms with van der Waals surface area (Å²) < 4.78 is 7.02. The predicted octanol–water partition coefficient (Wildman–Crippen LogP) is 2.06. The van der Waals surface area contributed by atoms with Gasteiger partial charge in [0.2, 0.25) is 0 Å². The molecule has 0 atom stereocenters. The van der Waals surface area contributed by atoms with E-state index in [0.717, 1.165) is 16.4 Å². The molecule has 0 aliphatic carbocycles. The predicted molar refractivity (Wildman–Crippen MR) is 85.2 cm³/mol. The third kappa shape index (κ3) is 3.38. The molecule has 0 fully saturated rings. The largest absolute Gasteiger partial charge is 0.452 e. The van der Waals surface area contributed by atoms with Gasteiger partial charge in [-0.3, -0.25) is 4.79 Å². The van der Waals surface area contributed by atoms with Crippen LogP contribution in [0.15, 0.2) is 23.6 Å². The van der Waals surface area contributed by atoms with Crippen molar-refractivity contribution in [2.75, 3.05) is 13.2 Å². The van der Waals surface area contributed by atoms with Gasteiger partial charge in [0.1, 0.15) is 5.00 Å². The van der Waals surface area contributed by atoms with E-state index >= 15 is 0 Å². The number of amides is 1. The van der Waals surface area contributed by atoms with Crippen molar-refractivity contribution in [3.8, 4) is 17.3 Å². The molecule has 5 nitrogen and oxygen atoms in total. The monoisotopic (exact) mass is 316 g/mol. The molecule has 0 bridgehead atoms. The van der Waals surface area contributed by atoms with Crippen LogP contribution in [-0.4, -0.2) is 29.6 Å². The maximum absolute atomic E-state index is 12.2. The molecule has 22 heavy (non-hydrogen) atoms. The summed E-state index contributed by atoms with van der Waals surface area (Å²) in [4.78, 5) is 23.6. The summed E-state index contributed by atoms with van der Waals surface area (Å²) in [5.41, 5.74) is 2.50. The lowest BCUT2D eigenvalue weighted by Crippen LogP contribution is -2.29. The van der Waals surface area contributed by atoms with Crippen molar-refractivity contribution in [2.24, 2.45) is 0 Å². The number of hydrogen-bond acceptors (Lipinski definition) is 4. The van der Waals surface area contributed by atoms with Crippen LogP contribution in [0.2, 0.25) is 0 Å². The summed E-state index contributed by atoms with van der Waals surface area (Å²) in [5, 5.41) is 5.05. The normalized spacial score (nSPS) is 10.0. The van der Waals surface area contributed by atoms with E-state index in [2.05, 4.69) is 11.2 Å². The summed E-state index contributed by atoms with van der Waals surface area (Å²) in [6.45, 7) is 3.70. The first kappa shape index (κ1) is 15.9. The van der Waals surface area contributed by atoms with Crippen LogP contribution in [-0.2, 0) is 9.53 Å². The van der Waals surface area contributed by atoms with Gasteiger partial charge >= 0.3 is 5.97 Å². The van der Waals surface area contributed by atoms with Crippen LogP contribution in [0.3, 0.4) is 0 Å². The molecule has 2 aromatic heterocycles. The molecule has 1 N–H and O–H groups in total. The topological polar surface area (TPSA) is 60.3 Å². The van der Waals surface area contributed by atoms with Crippen LogP contribution in [0.25, 0.3) is 5.00 Å². The number of nitrogens with one attached hydrogen (secondary N) is 1. The van der Waals surface area contributed by atoms with Gasteiger partial charge in [0.05, 0.1) is 12.1 Å². The van der Waals surface area contributed by atoms with Gasteiger partial charge in [-0.1, -0.05) is 5.92 Å². The Morgan fingerprint density at radius 2 is 2.00 bits per heavy atom. The Hall–Kier alpha value is -2.52. The molecule has 2 heterocycles. The van der Waals surface area contributed by atoms with Gasteiger partial charge in [0.25, 0.3) is 5.91 Å². The molecule has 0 unspecified atom stereocenters. The quantitative estimate of drug-likeness (QED) is 0.678. The van der Waals surface area contributed by atoms with E-state index in [9.17, 15) is 9.59 Å². The van der Waals surface area contributed by atoms with Crippen molar-refractivity contribution in [3.05, 3.63) is 40.5 Å². The van der Waals surface area contributed by atoms with Crippen LogP contribution in [0, 0.1) is 26.2 Å². The number of terminal acetylenes is 1. The Morgan fingerprint density at radius 1 is 1.32 bits per heavy atom. The minimum atomic E-state index is -0.528. The molecular weight excluding hydrogens is 300 g/mol. The second-order valence-electron chi connectivity index (χ2n) is 4.65. The number of thiophene rings is 1. The van der Waals surface area contributed by atoms with Gasteiger partial charge in [-0.15, -0.1) is 17.8 Å². The minimum Gasteiger partial charge on any atom is -0.452 e. The van der Waals surface area contributed by atoms with Gasteiger partial charge in [-0.2, -0.15) is 0 Å². The number of carbonyl (C=O) groups is 2. The first-order valence-corrected chi connectivity index (χ1v) is 7.52. The molecule has 0 spiro atoms. The fourth-order valence-electron chi connectivity index (χ4n) is 2.03. The number of aromatic nitrogens is 1. The molecule has 0 radical (unpaired) electrons. The summed E-state index contributed by atoms with van der Waals surface area (Å²) in [6.07, 6.45) is 5.04. The van der Waals surface area contributed by atoms with Crippen LogP contribution >= 0.6 is 11.3 Å². The summed E-state index contributed by atoms with van der Waals surface area (Å²) >= 11 is 1.45. The smallest absolute Gasteiger partial charge is 0.341 e. The summed E-state index contributed by atoms with van der Waals surface area (Å²) in [5.74, 6) is 1.33. The molecular formula is C16H16N2O3S. The molecule has 0 aliphatic rings. The van der Waals surface area contributed by atoms with Crippen LogP contribution in [0.4, 0.5) is 0 Å². The summed E-state index contributed by atoms with van der Waals surface area (Å²) in [6, 6.07) is 5.66. The zero-order chi connectivity index (χ0) is 16.1. The number of hydrogen-bond donors (Lipinski definition) is 1. The average Bonchev–Trinajstić information content (AvgIpc) is 3.09. The highest BCUT2D eigenvalue weighted by atomic mass is 32.1. The third-order valence-electron chi connectivity index (χ3n) is 3.06. The maximum atomic E-state index is 12.2. The standard InChI is InChI=1S/C16H16N2O3S/c1-4-8-17-14(19)10-21-16(20)13-7-9-22-15(13)18-11(2)5-6-12(18)3/h1,5-7,9H,8,10H2,2-3H3,(H,17,19). The molecule has 2 aromatic rings. The molecule has 0 aliphatic heterocycles. The highest BCUT2D eigenvalue weighted by Crippen LogP contribution is 2.26. The van der Waals surface area contributed by atoms with Crippen LogP contribution in [0.5, 0.6) is 0 Å². The number of carbonyl (C=O) groups excluding carboxylic acids is 2. The lowest BCUT2D eigenvalue weighted by Gasteiger charge is -2.10. The maximum Gasteiger partial charge on any atom is 0.341 e. The van der Waals surface area contributed by atoms with Crippen molar-refractivity contribution in [2.45, 2.75) is 13.8 Å². The van der Waals surface area contributed by atoms with E-state index in [1.807, 2.05) is 35.9 Å². The molecule has 114 valence electrons. The van der Waals surface area contributed by atoms with Crippen molar-refractivity contribution in [1.29, 1.82) is 0 Å². The zero-order valence-electron chi connectivity index (χ0n) is 12.4. The molecule has 0 saturated heterocycles. The Balaban J connectivity index is 2.11. The van der Waals surface area contributed by atoms with Gasteiger partial charge < -0.3 is 14.6 Å². The van der Waals surface area contributed by atoms with E-state index in [1.165, 1.54) is 11.3 Å².